The maximum absolute atomic E-state index is 11.0. The Kier molecular flexibility index (Phi) is 5.98. The summed E-state index contributed by atoms with van der Waals surface area (Å²) in [5.74, 6) is -0.539. The number of phenols is 1. The molecule has 2 aromatic rings. The molecule has 116 valence electrons. The van der Waals surface area contributed by atoms with Crippen LogP contribution in [-0.4, -0.2) is 28.8 Å². The van der Waals surface area contributed by atoms with Crippen molar-refractivity contribution in [2.24, 2.45) is 0 Å². The summed E-state index contributed by atoms with van der Waals surface area (Å²) in [4.78, 5) is 11.0. The van der Waals surface area contributed by atoms with Gasteiger partial charge in [0, 0.05) is 6.04 Å². The molecule has 2 rings (SSSR count). The molecule has 1 unspecified atom stereocenters. The number of carboxylic acid groups (broad SMARTS) is 1. The molecule has 0 fully saturated rings. The molecule has 0 aromatic heterocycles. The second-order valence-corrected chi connectivity index (χ2v) is 5.36. The monoisotopic (exact) mass is 299 g/mol. The zero-order valence-corrected chi connectivity index (χ0v) is 12.4. The fraction of sp³-hybridized carbons (Fsp3) is 0.278. The lowest BCUT2D eigenvalue weighted by Gasteiger charge is -2.17. The van der Waals surface area contributed by atoms with E-state index in [2.05, 4.69) is 5.32 Å². The van der Waals surface area contributed by atoms with E-state index >= 15 is 0 Å². The number of aromatic hydroxyl groups is 1. The molecule has 1 atom stereocenters. The smallest absolute Gasteiger partial charge is 0.304 e. The molecule has 0 heterocycles. The van der Waals surface area contributed by atoms with E-state index in [0.29, 0.717) is 13.0 Å². The van der Waals surface area contributed by atoms with Crippen LogP contribution in [0.15, 0.2) is 54.6 Å². The van der Waals surface area contributed by atoms with Gasteiger partial charge >= 0.3 is 5.97 Å². The maximum atomic E-state index is 11.0. The maximum Gasteiger partial charge on any atom is 0.304 e. The van der Waals surface area contributed by atoms with E-state index in [1.54, 1.807) is 12.1 Å². The van der Waals surface area contributed by atoms with Gasteiger partial charge in [-0.3, -0.25) is 4.79 Å². The number of phenolic OH excluding ortho intramolecular Hbond substituents is 1. The summed E-state index contributed by atoms with van der Waals surface area (Å²) in [7, 11) is 0. The van der Waals surface area contributed by atoms with Crippen molar-refractivity contribution in [3.8, 4) is 5.75 Å². The zero-order chi connectivity index (χ0) is 15.8. The number of nitrogens with one attached hydrogen (secondary N) is 1. The number of aliphatic carboxylic acids is 1. The first-order valence-corrected chi connectivity index (χ1v) is 7.40. The molecule has 2 aromatic carbocycles. The van der Waals surface area contributed by atoms with Gasteiger partial charge in [0.1, 0.15) is 5.75 Å². The molecule has 0 amide bonds. The Labute approximate surface area is 130 Å². The summed E-state index contributed by atoms with van der Waals surface area (Å²) in [5, 5.41) is 21.6. The van der Waals surface area contributed by atoms with Crippen molar-refractivity contribution in [3.63, 3.8) is 0 Å². The first-order valence-electron chi connectivity index (χ1n) is 7.40. The Bertz CT molecular complexity index is 581. The van der Waals surface area contributed by atoms with Gasteiger partial charge in [0.05, 0.1) is 6.42 Å². The number of hydrogen-bond acceptors (Lipinski definition) is 3. The number of rotatable bonds is 8. The van der Waals surface area contributed by atoms with Crippen LogP contribution in [0.2, 0.25) is 0 Å². The number of carboxylic acids is 1. The predicted octanol–water partition coefficient (Wildman–Crippen LogP) is 2.61. The van der Waals surface area contributed by atoms with Crippen LogP contribution in [0.3, 0.4) is 0 Å². The van der Waals surface area contributed by atoms with Crippen LogP contribution in [0.4, 0.5) is 0 Å². The van der Waals surface area contributed by atoms with Crippen molar-refractivity contribution in [2.75, 3.05) is 6.54 Å². The molecular weight excluding hydrogens is 278 g/mol. The molecule has 0 radical (unpaired) electrons. The van der Waals surface area contributed by atoms with Crippen LogP contribution in [-0.2, 0) is 17.6 Å². The van der Waals surface area contributed by atoms with Gasteiger partial charge in [0.25, 0.3) is 0 Å². The average molecular weight is 299 g/mol. The summed E-state index contributed by atoms with van der Waals surface area (Å²) in [5.41, 5.74) is 2.24. The Morgan fingerprint density at radius 3 is 2.32 bits per heavy atom. The molecular formula is C18H21NO3. The lowest BCUT2D eigenvalue weighted by Crippen LogP contribution is -2.34. The third kappa shape index (κ3) is 5.58. The second-order valence-electron chi connectivity index (χ2n) is 5.36. The van der Waals surface area contributed by atoms with Crippen LogP contribution in [0.1, 0.15) is 17.5 Å². The summed E-state index contributed by atoms with van der Waals surface area (Å²) in [6.45, 7) is 0.704. The highest BCUT2D eigenvalue weighted by atomic mass is 16.4. The van der Waals surface area contributed by atoms with Crippen LogP contribution in [0, 0.1) is 0 Å². The molecule has 3 N–H and O–H groups in total. The van der Waals surface area contributed by atoms with Crippen LogP contribution in [0.25, 0.3) is 0 Å². The molecule has 0 aliphatic rings. The molecule has 0 bridgehead atoms. The zero-order valence-electron chi connectivity index (χ0n) is 12.4. The van der Waals surface area contributed by atoms with Crippen molar-refractivity contribution in [1.29, 1.82) is 0 Å². The standard InChI is InChI=1S/C18H21NO3/c20-17-8-6-14(7-9-17)10-11-19-16(13-18(21)22)12-15-4-2-1-3-5-15/h1-9,16,19-20H,10-13H2,(H,21,22). The molecule has 0 aliphatic carbocycles. The van der Waals surface area contributed by atoms with Gasteiger partial charge in [-0.2, -0.15) is 0 Å². The van der Waals surface area contributed by atoms with E-state index in [4.69, 9.17) is 5.11 Å². The number of carbonyl (C=O) groups is 1. The van der Waals surface area contributed by atoms with Crippen molar-refractivity contribution in [3.05, 3.63) is 65.7 Å². The SMILES string of the molecule is O=C(O)CC(Cc1ccccc1)NCCc1ccc(O)cc1. The van der Waals surface area contributed by atoms with Gasteiger partial charge in [0.2, 0.25) is 0 Å². The molecule has 0 saturated heterocycles. The molecule has 22 heavy (non-hydrogen) atoms. The number of benzene rings is 2. The lowest BCUT2D eigenvalue weighted by molar-refractivity contribution is -0.137. The molecule has 4 nitrogen and oxygen atoms in total. The highest BCUT2D eigenvalue weighted by Crippen LogP contribution is 2.10. The Hall–Kier alpha value is -2.33. The third-order valence-corrected chi connectivity index (χ3v) is 3.53. The minimum atomic E-state index is -0.793. The van der Waals surface area contributed by atoms with E-state index < -0.39 is 5.97 Å². The summed E-state index contributed by atoms with van der Waals surface area (Å²) in [6.07, 6.45) is 1.60. The minimum Gasteiger partial charge on any atom is -0.508 e. The normalized spacial score (nSPS) is 12.0. The van der Waals surface area contributed by atoms with E-state index in [0.717, 1.165) is 17.5 Å². The summed E-state index contributed by atoms with van der Waals surface area (Å²) >= 11 is 0. The van der Waals surface area contributed by atoms with Crippen molar-refractivity contribution in [1.82, 2.24) is 5.32 Å². The fourth-order valence-corrected chi connectivity index (χ4v) is 2.41. The van der Waals surface area contributed by atoms with E-state index in [1.807, 2.05) is 42.5 Å². The largest absolute Gasteiger partial charge is 0.508 e. The summed E-state index contributed by atoms with van der Waals surface area (Å²) in [6, 6.07) is 16.9. The second kappa shape index (κ2) is 8.20. The van der Waals surface area contributed by atoms with Crippen molar-refractivity contribution < 1.29 is 15.0 Å². The predicted molar refractivity (Wildman–Crippen MR) is 86.0 cm³/mol. The Balaban J connectivity index is 1.86. The van der Waals surface area contributed by atoms with Gasteiger partial charge < -0.3 is 15.5 Å². The van der Waals surface area contributed by atoms with E-state index in [9.17, 15) is 9.90 Å². The average Bonchev–Trinajstić information content (AvgIpc) is 2.49. The first-order chi connectivity index (χ1) is 10.6. The van der Waals surface area contributed by atoms with Gasteiger partial charge in [0.15, 0.2) is 0 Å². The van der Waals surface area contributed by atoms with Crippen molar-refractivity contribution >= 4 is 5.97 Å². The van der Waals surface area contributed by atoms with Crippen LogP contribution in [0.5, 0.6) is 5.75 Å². The van der Waals surface area contributed by atoms with E-state index in [1.165, 1.54) is 0 Å². The van der Waals surface area contributed by atoms with E-state index in [-0.39, 0.29) is 18.2 Å². The van der Waals surface area contributed by atoms with Crippen molar-refractivity contribution in [2.45, 2.75) is 25.3 Å². The number of hydrogen-bond donors (Lipinski definition) is 3. The van der Waals surface area contributed by atoms with Crippen LogP contribution >= 0.6 is 0 Å². The van der Waals surface area contributed by atoms with Gasteiger partial charge in [-0.15, -0.1) is 0 Å². The minimum absolute atomic E-state index is 0.0861. The highest BCUT2D eigenvalue weighted by Gasteiger charge is 2.13. The van der Waals surface area contributed by atoms with Gasteiger partial charge in [-0.05, 0) is 42.6 Å². The molecule has 0 aliphatic heterocycles. The quantitative estimate of drug-likeness (QED) is 0.701. The third-order valence-electron chi connectivity index (χ3n) is 3.53. The highest BCUT2D eigenvalue weighted by molar-refractivity contribution is 5.67. The first kappa shape index (κ1) is 16.0. The summed E-state index contributed by atoms with van der Waals surface area (Å²) < 4.78 is 0. The molecule has 0 saturated carbocycles. The molecule has 0 spiro atoms. The van der Waals surface area contributed by atoms with Gasteiger partial charge in [-0.25, -0.2) is 0 Å². The topological polar surface area (TPSA) is 69.6 Å². The van der Waals surface area contributed by atoms with Crippen LogP contribution < -0.4 is 5.32 Å². The fourth-order valence-electron chi connectivity index (χ4n) is 2.41. The lowest BCUT2D eigenvalue weighted by atomic mass is 10.0. The van der Waals surface area contributed by atoms with Gasteiger partial charge in [-0.1, -0.05) is 42.5 Å². The molecule has 4 heteroatoms. The Morgan fingerprint density at radius 1 is 1.00 bits per heavy atom. The Morgan fingerprint density at radius 2 is 1.68 bits per heavy atom.